The van der Waals surface area contributed by atoms with Gasteiger partial charge in [0.15, 0.2) is 0 Å². The van der Waals surface area contributed by atoms with Gasteiger partial charge in [-0.05, 0) is 42.5 Å². The number of thioether (sulfide) groups is 1. The van der Waals surface area contributed by atoms with Gasteiger partial charge in [-0.15, -0.1) is 11.8 Å². The quantitative estimate of drug-likeness (QED) is 0.678. The summed E-state index contributed by atoms with van der Waals surface area (Å²) in [5, 5.41) is 3.85. The summed E-state index contributed by atoms with van der Waals surface area (Å²) in [5.41, 5.74) is 2.31. The lowest BCUT2D eigenvalue weighted by Crippen LogP contribution is -2.47. The van der Waals surface area contributed by atoms with Crippen molar-refractivity contribution in [1.82, 2.24) is 10.2 Å². The molecule has 1 aliphatic heterocycles. The van der Waals surface area contributed by atoms with Gasteiger partial charge in [0.25, 0.3) is 0 Å². The van der Waals surface area contributed by atoms with Gasteiger partial charge in [0.05, 0.1) is 5.75 Å². The van der Waals surface area contributed by atoms with Crippen LogP contribution in [-0.2, 0) is 21.8 Å². The first kappa shape index (κ1) is 21.7. The Kier molecular flexibility index (Phi) is 8.44. The van der Waals surface area contributed by atoms with Gasteiger partial charge >= 0.3 is 0 Å². The molecular weight excluding hydrogens is 404 g/mol. The molecule has 1 fully saturated rings. The highest BCUT2D eigenvalue weighted by molar-refractivity contribution is 7.99. The SMILES string of the molecule is O=C(CCc1ccccc1)NC1CCN(C(=O)CSCc2cccc(Cl)c2)CC1. The fourth-order valence-corrected chi connectivity index (χ4v) is 4.54. The molecule has 0 unspecified atom stereocenters. The van der Waals surface area contributed by atoms with Crippen LogP contribution in [0.2, 0.25) is 5.02 Å². The van der Waals surface area contributed by atoms with Crippen molar-refractivity contribution in [1.29, 1.82) is 0 Å². The minimum atomic E-state index is 0.0932. The number of amides is 2. The molecule has 0 aromatic heterocycles. The van der Waals surface area contributed by atoms with E-state index in [2.05, 4.69) is 5.32 Å². The number of halogens is 1. The Morgan fingerprint density at radius 1 is 1.03 bits per heavy atom. The number of rotatable bonds is 8. The van der Waals surface area contributed by atoms with Crippen molar-refractivity contribution in [2.24, 2.45) is 0 Å². The summed E-state index contributed by atoms with van der Waals surface area (Å²) < 4.78 is 0. The molecule has 0 radical (unpaired) electrons. The van der Waals surface area contributed by atoms with Crippen molar-refractivity contribution in [3.05, 3.63) is 70.7 Å². The third-order valence-corrected chi connectivity index (χ3v) is 6.30. The highest BCUT2D eigenvalue weighted by atomic mass is 35.5. The van der Waals surface area contributed by atoms with Crippen molar-refractivity contribution in [3.8, 4) is 0 Å². The molecule has 2 amide bonds. The Morgan fingerprint density at radius 3 is 2.48 bits per heavy atom. The first-order valence-corrected chi connectivity index (χ1v) is 11.6. The van der Waals surface area contributed by atoms with Gasteiger partial charge in [-0.25, -0.2) is 0 Å². The van der Waals surface area contributed by atoms with E-state index in [0.29, 0.717) is 25.3 Å². The van der Waals surface area contributed by atoms with E-state index in [1.807, 2.05) is 59.5 Å². The number of nitrogens with zero attached hydrogens (tertiary/aromatic N) is 1. The second-order valence-corrected chi connectivity index (χ2v) is 8.75. The second kappa shape index (κ2) is 11.3. The first-order chi connectivity index (χ1) is 14.1. The van der Waals surface area contributed by atoms with Crippen LogP contribution in [0.3, 0.4) is 0 Å². The summed E-state index contributed by atoms with van der Waals surface area (Å²) in [5.74, 6) is 1.52. The molecule has 1 saturated heterocycles. The Labute approximate surface area is 182 Å². The van der Waals surface area contributed by atoms with Gasteiger partial charge in [0.1, 0.15) is 0 Å². The van der Waals surface area contributed by atoms with E-state index >= 15 is 0 Å². The van der Waals surface area contributed by atoms with E-state index in [4.69, 9.17) is 11.6 Å². The average Bonchev–Trinajstić information content (AvgIpc) is 2.73. The molecule has 29 heavy (non-hydrogen) atoms. The third kappa shape index (κ3) is 7.41. The lowest BCUT2D eigenvalue weighted by molar-refractivity contribution is -0.129. The van der Waals surface area contributed by atoms with E-state index in [-0.39, 0.29) is 17.9 Å². The predicted molar refractivity (Wildman–Crippen MR) is 120 cm³/mol. The van der Waals surface area contributed by atoms with Crippen molar-refractivity contribution in [2.75, 3.05) is 18.8 Å². The number of carbonyl (C=O) groups excluding carboxylic acids is 2. The van der Waals surface area contributed by atoms with Gasteiger partial charge in [-0.2, -0.15) is 0 Å². The number of nitrogens with one attached hydrogen (secondary N) is 1. The van der Waals surface area contributed by atoms with Crippen LogP contribution in [0.5, 0.6) is 0 Å². The molecule has 0 spiro atoms. The average molecular weight is 431 g/mol. The fraction of sp³-hybridized carbons (Fsp3) is 0.391. The highest BCUT2D eigenvalue weighted by Gasteiger charge is 2.23. The molecule has 0 saturated carbocycles. The fourth-order valence-electron chi connectivity index (χ4n) is 3.45. The van der Waals surface area contributed by atoms with Crippen LogP contribution in [0.15, 0.2) is 54.6 Å². The number of piperidine rings is 1. The zero-order valence-electron chi connectivity index (χ0n) is 16.5. The molecule has 0 aliphatic carbocycles. The predicted octanol–water partition coefficient (Wildman–Crippen LogP) is 4.31. The summed E-state index contributed by atoms with van der Waals surface area (Å²) in [6, 6.07) is 18.0. The number of hydrogen-bond donors (Lipinski definition) is 1. The van der Waals surface area contributed by atoms with Gasteiger partial charge in [-0.3, -0.25) is 9.59 Å². The number of benzene rings is 2. The van der Waals surface area contributed by atoms with Gasteiger partial charge in [-0.1, -0.05) is 54.1 Å². The van der Waals surface area contributed by atoms with Crippen LogP contribution in [0, 0.1) is 0 Å². The van der Waals surface area contributed by atoms with E-state index in [1.165, 1.54) is 5.56 Å². The Bertz CT molecular complexity index is 808. The zero-order valence-corrected chi connectivity index (χ0v) is 18.1. The Balaban J connectivity index is 1.32. The van der Waals surface area contributed by atoms with Crippen LogP contribution >= 0.6 is 23.4 Å². The summed E-state index contributed by atoms with van der Waals surface area (Å²) in [6.07, 6.45) is 2.90. The van der Waals surface area contributed by atoms with Crippen LogP contribution in [0.4, 0.5) is 0 Å². The molecule has 1 aliphatic rings. The summed E-state index contributed by atoms with van der Waals surface area (Å²) >= 11 is 7.61. The smallest absolute Gasteiger partial charge is 0.232 e. The Morgan fingerprint density at radius 2 is 1.76 bits per heavy atom. The molecule has 1 N–H and O–H groups in total. The van der Waals surface area contributed by atoms with Crippen molar-refractivity contribution >= 4 is 35.2 Å². The minimum Gasteiger partial charge on any atom is -0.353 e. The topological polar surface area (TPSA) is 49.4 Å². The molecule has 0 atom stereocenters. The lowest BCUT2D eigenvalue weighted by Gasteiger charge is -2.32. The Hall–Kier alpha value is -1.98. The molecule has 1 heterocycles. The number of likely N-dealkylation sites (tertiary alicyclic amines) is 1. The monoisotopic (exact) mass is 430 g/mol. The molecule has 0 bridgehead atoms. The third-order valence-electron chi connectivity index (χ3n) is 5.08. The maximum absolute atomic E-state index is 12.4. The van der Waals surface area contributed by atoms with E-state index in [0.717, 1.165) is 35.6 Å². The van der Waals surface area contributed by atoms with Crippen LogP contribution in [0.25, 0.3) is 0 Å². The lowest BCUT2D eigenvalue weighted by atomic mass is 10.0. The second-order valence-electron chi connectivity index (χ2n) is 7.33. The van der Waals surface area contributed by atoms with Crippen LogP contribution in [-0.4, -0.2) is 41.6 Å². The molecule has 4 nitrogen and oxygen atoms in total. The molecule has 154 valence electrons. The largest absolute Gasteiger partial charge is 0.353 e. The standard InChI is InChI=1S/C23H27ClN2O2S/c24-20-8-4-7-19(15-20)16-29-17-23(28)26-13-11-21(12-14-26)25-22(27)10-9-18-5-2-1-3-6-18/h1-8,15,21H,9-14,16-17H2,(H,25,27). The minimum absolute atomic E-state index is 0.0932. The summed E-state index contributed by atoms with van der Waals surface area (Å²) in [7, 11) is 0. The maximum atomic E-state index is 12.4. The summed E-state index contributed by atoms with van der Waals surface area (Å²) in [6.45, 7) is 1.42. The van der Waals surface area contributed by atoms with E-state index < -0.39 is 0 Å². The van der Waals surface area contributed by atoms with Gasteiger partial charge < -0.3 is 10.2 Å². The van der Waals surface area contributed by atoms with E-state index in [1.54, 1.807) is 11.8 Å². The number of hydrogen-bond acceptors (Lipinski definition) is 3. The van der Waals surface area contributed by atoms with Crippen molar-refractivity contribution < 1.29 is 9.59 Å². The highest BCUT2D eigenvalue weighted by Crippen LogP contribution is 2.18. The first-order valence-electron chi connectivity index (χ1n) is 10.0. The molecular formula is C23H27ClN2O2S. The summed E-state index contributed by atoms with van der Waals surface area (Å²) in [4.78, 5) is 26.5. The molecule has 6 heteroatoms. The number of aryl methyl sites for hydroxylation is 1. The molecule has 2 aromatic rings. The van der Waals surface area contributed by atoms with E-state index in [9.17, 15) is 9.59 Å². The normalized spacial score (nSPS) is 14.6. The van der Waals surface area contributed by atoms with Gasteiger partial charge in [0.2, 0.25) is 11.8 Å². The van der Waals surface area contributed by atoms with Crippen molar-refractivity contribution in [3.63, 3.8) is 0 Å². The van der Waals surface area contributed by atoms with Crippen LogP contribution in [0.1, 0.15) is 30.4 Å². The maximum Gasteiger partial charge on any atom is 0.232 e. The zero-order chi connectivity index (χ0) is 20.5. The molecule has 3 rings (SSSR count). The van der Waals surface area contributed by atoms with Crippen molar-refractivity contribution in [2.45, 2.75) is 37.5 Å². The number of carbonyl (C=O) groups is 2. The van der Waals surface area contributed by atoms with Gasteiger partial charge in [0, 0.05) is 36.3 Å². The van der Waals surface area contributed by atoms with Crippen LogP contribution < -0.4 is 5.32 Å². The molecule has 2 aromatic carbocycles.